The lowest BCUT2D eigenvalue weighted by molar-refractivity contribution is 0.397. The number of hydrogen-bond acceptors (Lipinski definition) is 6. The predicted octanol–water partition coefficient (Wildman–Crippen LogP) is 6.30. The second kappa shape index (κ2) is 10.6. The predicted molar refractivity (Wildman–Crippen MR) is 176 cm³/mol. The van der Waals surface area contributed by atoms with Gasteiger partial charge in [0.05, 0.1) is 59.2 Å². The summed E-state index contributed by atoms with van der Waals surface area (Å²) in [6.45, 7) is 0. The summed E-state index contributed by atoms with van der Waals surface area (Å²) < 4.78 is 42.1. The van der Waals surface area contributed by atoms with Gasteiger partial charge in [0.2, 0.25) is 0 Å². The number of benzene rings is 3. The zero-order chi connectivity index (χ0) is 31.7. The number of rotatable bonds is 6. The average molecular weight is 610 g/mol. The molecule has 45 heavy (non-hydrogen) atoms. The van der Waals surface area contributed by atoms with Gasteiger partial charge in [-0.25, -0.2) is 0 Å². The summed E-state index contributed by atoms with van der Waals surface area (Å²) in [4.78, 5) is 0. The Morgan fingerprint density at radius 1 is 0.400 bits per heavy atom. The molecule has 0 amide bonds. The van der Waals surface area contributed by atoms with Crippen LogP contribution in [0.5, 0.6) is 34.5 Å². The number of hydrogen-bond donors (Lipinski definition) is 0. The van der Waals surface area contributed by atoms with Crippen molar-refractivity contribution in [2.75, 3.05) is 42.7 Å². The number of aryl methyl sites for hydroxylation is 3. The van der Waals surface area contributed by atoms with Crippen molar-refractivity contribution in [3.8, 4) is 34.5 Å². The topological polar surface area (TPSA) is 70.2 Å². The van der Waals surface area contributed by atoms with E-state index in [0.29, 0.717) is 19.3 Å². The van der Waals surface area contributed by atoms with Gasteiger partial charge in [0.1, 0.15) is 34.5 Å². The third-order valence-electron chi connectivity index (χ3n) is 9.81. The van der Waals surface area contributed by atoms with Gasteiger partial charge in [0.15, 0.2) is 0 Å². The smallest absolute Gasteiger partial charge is 0.132 e. The zero-order valence-corrected chi connectivity index (χ0v) is 27.4. The van der Waals surface area contributed by atoms with Crippen LogP contribution in [0.25, 0.3) is 32.7 Å². The van der Waals surface area contributed by atoms with Gasteiger partial charge in [-0.15, -0.1) is 0 Å². The van der Waals surface area contributed by atoms with E-state index in [1.54, 1.807) is 42.7 Å². The summed E-state index contributed by atoms with van der Waals surface area (Å²) in [7, 11) is 16.7. The minimum absolute atomic E-state index is 0.707. The first-order valence-electron chi connectivity index (χ1n) is 14.9. The Balaban J connectivity index is 1.66. The van der Waals surface area contributed by atoms with E-state index in [-0.39, 0.29) is 0 Å². The molecule has 0 saturated carbocycles. The van der Waals surface area contributed by atoms with Gasteiger partial charge in [-0.1, -0.05) is 0 Å². The summed E-state index contributed by atoms with van der Waals surface area (Å²) in [6.07, 6.45) is 2.12. The fourth-order valence-electron chi connectivity index (χ4n) is 7.49. The second-order valence-electron chi connectivity index (χ2n) is 11.7. The largest absolute Gasteiger partial charge is 0.497 e. The van der Waals surface area contributed by atoms with E-state index in [4.69, 9.17) is 28.4 Å². The number of nitrogens with zero attached hydrogens (tertiary/aromatic N) is 3. The molecule has 3 heterocycles. The van der Waals surface area contributed by atoms with E-state index in [1.807, 2.05) is 18.2 Å². The number of methoxy groups -OCH3 is 6. The Labute approximate surface area is 262 Å². The Kier molecular flexibility index (Phi) is 6.80. The normalized spacial score (nSPS) is 12.7. The molecule has 0 N–H and O–H groups in total. The Morgan fingerprint density at radius 3 is 0.889 bits per heavy atom. The van der Waals surface area contributed by atoms with Crippen LogP contribution in [0.1, 0.15) is 33.8 Å². The summed E-state index contributed by atoms with van der Waals surface area (Å²) in [5.41, 5.74) is 10.5. The zero-order valence-electron chi connectivity index (χ0n) is 27.4. The summed E-state index contributed by atoms with van der Waals surface area (Å²) in [5, 5.41) is 3.27. The maximum absolute atomic E-state index is 6.03. The molecular weight excluding hydrogens is 570 g/mol. The molecule has 7 rings (SSSR count). The standard InChI is InChI=1S/C36H39N3O6/c1-37-25-16-23-27(39(3)29-11-20(41-5)14-32(44-8)35(23)29)18-24-26(38(2)30-12-21(42-6)15-33(45-9)36(24)30)17-22(25)34-28(37)10-19(40-4)13-31(34)43-7/h10-15H,16-18H2,1-9H3. The molecule has 0 spiro atoms. The molecule has 1 aliphatic rings. The summed E-state index contributed by atoms with van der Waals surface area (Å²) in [6, 6.07) is 12.2. The number of aromatic nitrogens is 3. The van der Waals surface area contributed by atoms with E-state index >= 15 is 0 Å². The van der Waals surface area contributed by atoms with E-state index < -0.39 is 0 Å². The Morgan fingerprint density at radius 2 is 0.667 bits per heavy atom. The molecule has 3 aromatic heterocycles. The minimum atomic E-state index is 0.707. The van der Waals surface area contributed by atoms with Crippen molar-refractivity contribution in [3.63, 3.8) is 0 Å². The molecule has 6 aromatic rings. The summed E-state index contributed by atoms with van der Waals surface area (Å²) >= 11 is 0. The molecule has 0 radical (unpaired) electrons. The Hall–Kier alpha value is -4.92. The monoisotopic (exact) mass is 609 g/mol. The van der Waals surface area contributed by atoms with Crippen LogP contribution >= 0.6 is 0 Å². The highest BCUT2D eigenvalue weighted by Gasteiger charge is 2.31. The van der Waals surface area contributed by atoms with Crippen LogP contribution in [0.2, 0.25) is 0 Å². The van der Waals surface area contributed by atoms with Crippen LogP contribution in [0.3, 0.4) is 0 Å². The highest BCUT2D eigenvalue weighted by Crippen LogP contribution is 2.46. The first kappa shape index (κ1) is 28.8. The quantitative estimate of drug-likeness (QED) is 0.221. The first-order chi connectivity index (χ1) is 21.8. The van der Waals surface area contributed by atoms with Crippen LogP contribution in [-0.4, -0.2) is 56.4 Å². The van der Waals surface area contributed by atoms with Crippen LogP contribution < -0.4 is 28.4 Å². The van der Waals surface area contributed by atoms with Gasteiger partial charge in [0, 0.05) is 110 Å². The molecule has 9 nitrogen and oxygen atoms in total. The highest BCUT2D eigenvalue weighted by molar-refractivity contribution is 5.98. The average Bonchev–Trinajstić information content (AvgIpc) is 3.61. The van der Waals surface area contributed by atoms with Crippen LogP contribution in [0.4, 0.5) is 0 Å². The molecule has 0 unspecified atom stereocenters. The maximum atomic E-state index is 6.03. The van der Waals surface area contributed by atoms with E-state index in [0.717, 1.165) is 67.2 Å². The van der Waals surface area contributed by atoms with Crippen molar-refractivity contribution >= 4 is 32.7 Å². The molecule has 0 fully saturated rings. The van der Waals surface area contributed by atoms with Crippen molar-refractivity contribution in [1.82, 2.24) is 13.7 Å². The lowest BCUT2D eigenvalue weighted by atomic mass is 9.99. The lowest BCUT2D eigenvalue weighted by Gasteiger charge is -2.12. The second-order valence-corrected chi connectivity index (χ2v) is 11.7. The molecule has 0 bridgehead atoms. The SMILES string of the molecule is COc1cc(OC)c2c3c(n(C)c2c1)Cc1c(n(C)c2cc(OC)cc(OC)c12)Cc1c(n(C)c2cc(OC)cc(OC)c12)C3. The minimum Gasteiger partial charge on any atom is -0.497 e. The van der Waals surface area contributed by atoms with Gasteiger partial charge in [-0.2, -0.15) is 0 Å². The van der Waals surface area contributed by atoms with Gasteiger partial charge < -0.3 is 42.1 Å². The third-order valence-corrected chi connectivity index (χ3v) is 9.81. The van der Waals surface area contributed by atoms with E-state index in [1.165, 1.54) is 33.8 Å². The van der Waals surface area contributed by atoms with Crippen LogP contribution in [0, 0.1) is 0 Å². The third kappa shape index (κ3) is 4.06. The molecule has 3 aromatic carbocycles. The molecule has 0 saturated heterocycles. The number of fused-ring (bicyclic) bond motifs is 9. The fourth-order valence-corrected chi connectivity index (χ4v) is 7.49. The van der Waals surface area contributed by atoms with E-state index in [9.17, 15) is 0 Å². The lowest BCUT2D eigenvalue weighted by Crippen LogP contribution is -2.04. The van der Waals surface area contributed by atoms with E-state index in [2.05, 4.69) is 53.0 Å². The van der Waals surface area contributed by atoms with Crippen molar-refractivity contribution in [1.29, 1.82) is 0 Å². The van der Waals surface area contributed by atoms with Crippen molar-refractivity contribution < 1.29 is 28.4 Å². The first-order valence-corrected chi connectivity index (χ1v) is 14.9. The van der Waals surface area contributed by atoms with Crippen LogP contribution in [0.15, 0.2) is 36.4 Å². The molecule has 0 aliphatic heterocycles. The van der Waals surface area contributed by atoms with Crippen LogP contribution in [-0.2, 0) is 40.4 Å². The van der Waals surface area contributed by atoms with Crippen molar-refractivity contribution in [2.45, 2.75) is 19.3 Å². The summed E-state index contributed by atoms with van der Waals surface area (Å²) in [5.74, 6) is 4.65. The van der Waals surface area contributed by atoms with Crippen molar-refractivity contribution in [2.24, 2.45) is 21.1 Å². The molecule has 234 valence electrons. The van der Waals surface area contributed by atoms with Gasteiger partial charge >= 0.3 is 0 Å². The molecule has 1 aliphatic carbocycles. The van der Waals surface area contributed by atoms with Gasteiger partial charge in [0.25, 0.3) is 0 Å². The Bertz CT molecular complexity index is 1910. The highest BCUT2D eigenvalue weighted by atomic mass is 16.5. The van der Waals surface area contributed by atoms with Crippen molar-refractivity contribution in [3.05, 3.63) is 70.2 Å². The fraction of sp³-hybridized carbons (Fsp3) is 0.333. The van der Waals surface area contributed by atoms with Gasteiger partial charge in [-0.05, 0) is 16.7 Å². The molecule has 9 heteroatoms. The maximum Gasteiger partial charge on any atom is 0.132 e. The molecule has 0 atom stereocenters. The van der Waals surface area contributed by atoms with Gasteiger partial charge in [-0.3, -0.25) is 0 Å². The molecular formula is C36H39N3O6. The number of ether oxygens (including phenoxy) is 6.